The first-order valence-electron chi connectivity index (χ1n) is 20.1. The van der Waals surface area contributed by atoms with E-state index in [9.17, 15) is 15.0 Å². The lowest BCUT2D eigenvalue weighted by molar-refractivity contribution is -0.292. The highest BCUT2D eigenvalue weighted by molar-refractivity contribution is 5.79. The maximum Gasteiger partial charge on any atom is 0.172 e. The van der Waals surface area contributed by atoms with Gasteiger partial charge in [0.05, 0.1) is 73.8 Å². The van der Waals surface area contributed by atoms with Crippen molar-refractivity contribution in [2.45, 2.75) is 194 Å². The normalized spacial score (nSPS) is 52.4. The molecule has 10 saturated heterocycles. The average Bonchev–Trinajstić information content (AvgIpc) is 3.79. The van der Waals surface area contributed by atoms with E-state index in [1.165, 1.54) is 0 Å². The van der Waals surface area contributed by atoms with Gasteiger partial charge in [-0.05, 0) is 62.0 Å². The van der Waals surface area contributed by atoms with Gasteiger partial charge in [0.25, 0.3) is 0 Å². The number of hydrogen-bond acceptors (Lipinski definition) is 12. The molecule has 12 nitrogen and oxygen atoms in total. The molecule has 10 aliphatic heterocycles. The summed E-state index contributed by atoms with van der Waals surface area (Å²) in [5, 5.41) is 20.1. The van der Waals surface area contributed by atoms with Gasteiger partial charge in [-0.2, -0.15) is 0 Å². The van der Waals surface area contributed by atoms with E-state index in [0.717, 1.165) is 49.7 Å². The summed E-state index contributed by atoms with van der Waals surface area (Å²) in [5.41, 5.74) is 2.17. The van der Waals surface area contributed by atoms with Crippen molar-refractivity contribution in [3.63, 3.8) is 0 Å². The summed E-state index contributed by atoms with van der Waals surface area (Å²) < 4.78 is 59.8. The molecule has 10 fully saturated rings. The third-order valence-electron chi connectivity index (χ3n) is 13.9. The molecule has 52 heavy (non-hydrogen) atoms. The number of aliphatic hydroxyl groups is 2. The molecule has 0 radical (unpaired) electrons. The first-order chi connectivity index (χ1) is 25.1. The fraction of sp³-hybridized carbons (Fsp3) is 0.875. The zero-order valence-electron chi connectivity index (χ0n) is 30.7. The molecule has 10 aliphatic rings. The van der Waals surface area contributed by atoms with E-state index >= 15 is 0 Å². The number of ketones is 1. The van der Waals surface area contributed by atoms with Crippen molar-refractivity contribution in [1.82, 2.24) is 0 Å². The minimum atomic E-state index is -0.951. The summed E-state index contributed by atoms with van der Waals surface area (Å²) in [4.78, 5) is 14.0. The summed E-state index contributed by atoms with van der Waals surface area (Å²) in [7, 11) is 1.63. The van der Waals surface area contributed by atoms with Crippen molar-refractivity contribution in [3.8, 4) is 0 Å². The molecule has 10 heterocycles. The lowest BCUT2D eigenvalue weighted by Crippen LogP contribution is -2.61. The van der Waals surface area contributed by atoms with Crippen LogP contribution >= 0.6 is 0 Å². The molecule has 290 valence electrons. The molecule has 0 aromatic rings. The third-order valence-corrected chi connectivity index (χ3v) is 13.9. The smallest absolute Gasteiger partial charge is 0.172 e. The van der Waals surface area contributed by atoms with Crippen LogP contribution in [0, 0.1) is 11.8 Å². The van der Waals surface area contributed by atoms with E-state index in [1.54, 1.807) is 7.11 Å². The van der Waals surface area contributed by atoms with E-state index in [4.69, 9.17) is 42.6 Å². The van der Waals surface area contributed by atoms with Crippen LogP contribution in [0.2, 0.25) is 0 Å². The molecule has 0 aliphatic carbocycles. The van der Waals surface area contributed by atoms with Gasteiger partial charge in [0.15, 0.2) is 5.79 Å². The maximum atomic E-state index is 14.0. The number of fused-ring (bicyclic) bond motifs is 6. The summed E-state index contributed by atoms with van der Waals surface area (Å²) >= 11 is 0. The molecule has 12 heteroatoms. The summed E-state index contributed by atoms with van der Waals surface area (Å²) in [6.07, 6.45) is 4.01. The molecule has 0 aromatic heterocycles. The highest BCUT2D eigenvalue weighted by Gasteiger charge is 2.68. The first-order valence-corrected chi connectivity index (χ1v) is 20.1. The molecule has 1 spiro atoms. The van der Waals surface area contributed by atoms with Crippen LogP contribution in [0.3, 0.4) is 0 Å². The van der Waals surface area contributed by atoms with E-state index in [2.05, 4.69) is 20.1 Å². The van der Waals surface area contributed by atoms with Gasteiger partial charge in [0.2, 0.25) is 0 Å². The number of methoxy groups -OCH3 is 1. The molecular formula is C40H58O12. The standard InChI is InChI=1S/C40H58O12/c1-19-11-24-5-7-28-20(2)12-26(45-28)9-10-40-17-33-36(51-40)37-38(50-33)39(52-40)35-29(49-37)8-6-25(47-35)13-22(42)14-27-31(16-30(46-24)21(19)3)48-32(34(27)44-4)15-23(43)18-41/h19,23-39,41,43H,2-3,5-18H2,1,4H3/t19-,23?,24+,25?,26?,27?,28?,29+,30?,31+,32?,33-,34-,35?,36?,37?,38?,39?,40+/m1/s1. The van der Waals surface area contributed by atoms with E-state index in [0.29, 0.717) is 25.7 Å². The Bertz CT molecular complexity index is 1370. The Balaban J connectivity index is 0.994. The summed E-state index contributed by atoms with van der Waals surface area (Å²) in [6.45, 7) is 10.7. The Morgan fingerprint density at radius 3 is 2.37 bits per heavy atom. The Hall–Kier alpha value is -1.29. The number of carbonyl (C=O) groups is 1. The molecule has 0 amide bonds. The second-order valence-corrected chi connectivity index (χ2v) is 17.4. The highest BCUT2D eigenvalue weighted by atomic mass is 16.8. The Morgan fingerprint density at radius 2 is 1.54 bits per heavy atom. The number of carbonyl (C=O) groups excluding carboxylic acids is 1. The van der Waals surface area contributed by atoms with Crippen LogP contribution in [-0.2, 0) is 47.4 Å². The molecule has 12 unspecified atom stereocenters. The quantitative estimate of drug-likeness (QED) is 0.410. The predicted octanol–water partition coefficient (Wildman–Crippen LogP) is 3.47. The zero-order valence-corrected chi connectivity index (χ0v) is 30.7. The molecule has 2 N–H and O–H groups in total. The lowest BCUT2D eigenvalue weighted by atomic mass is 9.81. The molecule has 12 bridgehead atoms. The Kier molecular flexibility index (Phi) is 10.0. The number of ether oxygens (including phenoxy) is 9. The minimum Gasteiger partial charge on any atom is -0.394 e. The van der Waals surface area contributed by atoms with Crippen molar-refractivity contribution in [2.75, 3.05) is 13.7 Å². The van der Waals surface area contributed by atoms with Crippen LogP contribution in [0.15, 0.2) is 24.3 Å². The van der Waals surface area contributed by atoms with Gasteiger partial charge < -0.3 is 52.8 Å². The fourth-order valence-corrected chi connectivity index (χ4v) is 11.3. The number of hydrogen-bond donors (Lipinski definition) is 2. The van der Waals surface area contributed by atoms with Crippen LogP contribution in [0.4, 0.5) is 0 Å². The monoisotopic (exact) mass is 730 g/mol. The molecule has 19 atom stereocenters. The summed E-state index contributed by atoms with van der Waals surface area (Å²) in [6, 6.07) is 0. The van der Waals surface area contributed by atoms with Gasteiger partial charge in [-0.25, -0.2) is 0 Å². The topological polar surface area (TPSA) is 141 Å². The van der Waals surface area contributed by atoms with Crippen molar-refractivity contribution in [3.05, 3.63) is 24.3 Å². The van der Waals surface area contributed by atoms with E-state index < -0.39 is 24.1 Å². The first kappa shape index (κ1) is 36.4. The number of aliphatic hydroxyl groups excluding tert-OH is 2. The molecule has 0 aromatic carbocycles. The van der Waals surface area contributed by atoms with E-state index in [-0.39, 0.29) is 123 Å². The summed E-state index contributed by atoms with van der Waals surface area (Å²) in [5.74, 6) is -0.709. The zero-order chi connectivity index (χ0) is 35.9. The van der Waals surface area contributed by atoms with Crippen molar-refractivity contribution < 1.29 is 57.6 Å². The minimum absolute atomic E-state index is 0.0260. The number of Topliss-reactive ketones (excluding diaryl/α,β-unsaturated/α-hetero) is 1. The number of rotatable bonds is 4. The van der Waals surface area contributed by atoms with Crippen molar-refractivity contribution in [2.24, 2.45) is 11.8 Å². The molecule has 0 saturated carbocycles. The average molecular weight is 731 g/mol. The second-order valence-electron chi connectivity index (χ2n) is 17.4. The Labute approximate surface area is 306 Å². The van der Waals surface area contributed by atoms with Gasteiger partial charge in [-0.3, -0.25) is 4.79 Å². The van der Waals surface area contributed by atoms with Gasteiger partial charge in [0.1, 0.15) is 36.3 Å². The van der Waals surface area contributed by atoms with Crippen LogP contribution in [0.1, 0.15) is 90.4 Å². The lowest BCUT2D eigenvalue weighted by Gasteiger charge is -2.47. The third kappa shape index (κ3) is 6.59. The largest absolute Gasteiger partial charge is 0.394 e. The van der Waals surface area contributed by atoms with E-state index in [1.807, 2.05) is 0 Å². The van der Waals surface area contributed by atoms with Crippen molar-refractivity contribution in [1.29, 1.82) is 0 Å². The SMILES string of the molecule is C=C1CC2CC[C@@]34C[C@H]5OC6C(O3)C3OC(CC[C@@H]3OC6C5O4)CC(=O)CC3[C@@H](OC)C(CC(O)CO)O[C@H]3CC3O[C@@H](CCC1O2)C[C@@H](C)C3=C. The second kappa shape index (κ2) is 14.3. The highest BCUT2D eigenvalue weighted by Crippen LogP contribution is 2.54. The Morgan fingerprint density at radius 1 is 0.788 bits per heavy atom. The van der Waals surface area contributed by atoms with Crippen LogP contribution < -0.4 is 0 Å². The van der Waals surface area contributed by atoms with Gasteiger partial charge >= 0.3 is 0 Å². The van der Waals surface area contributed by atoms with Crippen LogP contribution in [0.25, 0.3) is 0 Å². The van der Waals surface area contributed by atoms with Gasteiger partial charge in [-0.15, -0.1) is 0 Å². The van der Waals surface area contributed by atoms with Crippen LogP contribution in [-0.4, -0.2) is 133 Å². The van der Waals surface area contributed by atoms with Crippen molar-refractivity contribution >= 4 is 5.78 Å². The molecular weight excluding hydrogens is 672 g/mol. The van der Waals surface area contributed by atoms with Gasteiger partial charge in [-0.1, -0.05) is 20.1 Å². The van der Waals surface area contributed by atoms with Gasteiger partial charge in [0, 0.05) is 51.6 Å². The molecule has 10 rings (SSSR count). The maximum absolute atomic E-state index is 14.0. The fourth-order valence-electron chi connectivity index (χ4n) is 11.3. The predicted molar refractivity (Wildman–Crippen MR) is 184 cm³/mol. The van der Waals surface area contributed by atoms with Crippen LogP contribution in [0.5, 0.6) is 0 Å².